The van der Waals surface area contributed by atoms with Crippen molar-refractivity contribution < 1.29 is 9.90 Å². The summed E-state index contributed by atoms with van der Waals surface area (Å²) in [7, 11) is 1.97. The number of carboxylic acids is 1. The standard InChI is InChI=1S/C15H23NO2/c1-11(2)14(15(17)18)10-16(4)9-13-7-5-12(3)6-8-13/h5-8,11,14H,9-10H2,1-4H3,(H,17,18). The van der Waals surface area contributed by atoms with E-state index in [4.69, 9.17) is 5.11 Å². The first-order valence-corrected chi connectivity index (χ1v) is 6.37. The summed E-state index contributed by atoms with van der Waals surface area (Å²) in [5.74, 6) is -0.857. The Balaban J connectivity index is 2.57. The zero-order chi connectivity index (χ0) is 13.7. The fourth-order valence-corrected chi connectivity index (χ4v) is 1.98. The zero-order valence-corrected chi connectivity index (χ0v) is 11.7. The van der Waals surface area contributed by atoms with E-state index in [1.807, 2.05) is 20.9 Å². The van der Waals surface area contributed by atoms with Gasteiger partial charge < -0.3 is 10.0 Å². The van der Waals surface area contributed by atoms with Crippen LogP contribution in [0.3, 0.4) is 0 Å². The van der Waals surface area contributed by atoms with Gasteiger partial charge in [-0.2, -0.15) is 0 Å². The maximum atomic E-state index is 11.1. The van der Waals surface area contributed by atoms with Crippen LogP contribution in [0.25, 0.3) is 0 Å². The van der Waals surface area contributed by atoms with Crippen LogP contribution in [0.4, 0.5) is 0 Å². The van der Waals surface area contributed by atoms with Gasteiger partial charge in [-0.1, -0.05) is 43.7 Å². The lowest BCUT2D eigenvalue weighted by Gasteiger charge is -2.23. The van der Waals surface area contributed by atoms with Crippen LogP contribution >= 0.6 is 0 Å². The Kier molecular flexibility index (Phi) is 5.35. The molecule has 3 heteroatoms. The van der Waals surface area contributed by atoms with Crippen molar-refractivity contribution in [3.05, 3.63) is 35.4 Å². The summed E-state index contributed by atoms with van der Waals surface area (Å²) < 4.78 is 0. The molecule has 0 saturated carbocycles. The average molecular weight is 249 g/mol. The number of rotatable bonds is 6. The highest BCUT2D eigenvalue weighted by molar-refractivity contribution is 5.70. The van der Waals surface area contributed by atoms with Gasteiger partial charge in [0.05, 0.1) is 5.92 Å². The lowest BCUT2D eigenvalue weighted by Crippen LogP contribution is -2.33. The van der Waals surface area contributed by atoms with Gasteiger partial charge in [0.15, 0.2) is 0 Å². The van der Waals surface area contributed by atoms with Gasteiger partial charge in [0, 0.05) is 13.1 Å². The molecule has 100 valence electrons. The quantitative estimate of drug-likeness (QED) is 0.842. The predicted molar refractivity (Wildman–Crippen MR) is 73.5 cm³/mol. The molecule has 0 aliphatic rings. The Hall–Kier alpha value is -1.35. The number of hydrogen-bond acceptors (Lipinski definition) is 2. The second-order valence-electron chi connectivity index (χ2n) is 5.37. The fourth-order valence-electron chi connectivity index (χ4n) is 1.98. The van der Waals surface area contributed by atoms with Crippen molar-refractivity contribution in [1.29, 1.82) is 0 Å². The van der Waals surface area contributed by atoms with Crippen LogP contribution in [0.2, 0.25) is 0 Å². The van der Waals surface area contributed by atoms with Crippen LogP contribution < -0.4 is 0 Å². The number of nitrogens with zero attached hydrogens (tertiary/aromatic N) is 1. The van der Waals surface area contributed by atoms with E-state index in [2.05, 4.69) is 36.1 Å². The van der Waals surface area contributed by atoms with Crippen molar-refractivity contribution >= 4 is 5.97 Å². The van der Waals surface area contributed by atoms with E-state index >= 15 is 0 Å². The summed E-state index contributed by atoms with van der Waals surface area (Å²) in [5.41, 5.74) is 2.46. The zero-order valence-electron chi connectivity index (χ0n) is 11.7. The first kappa shape index (κ1) is 14.7. The van der Waals surface area contributed by atoms with Gasteiger partial charge in [-0.15, -0.1) is 0 Å². The van der Waals surface area contributed by atoms with Crippen molar-refractivity contribution in [2.45, 2.75) is 27.3 Å². The maximum absolute atomic E-state index is 11.1. The van der Waals surface area contributed by atoms with Crippen LogP contribution in [0.1, 0.15) is 25.0 Å². The van der Waals surface area contributed by atoms with Crippen molar-refractivity contribution in [3.63, 3.8) is 0 Å². The normalized spacial score (nSPS) is 13.0. The van der Waals surface area contributed by atoms with E-state index in [-0.39, 0.29) is 11.8 Å². The van der Waals surface area contributed by atoms with Crippen LogP contribution in [-0.4, -0.2) is 29.6 Å². The number of aryl methyl sites for hydroxylation is 1. The average Bonchev–Trinajstić information content (AvgIpc) is 2.28. The summed E-state index contributed by atoms with van der Waals surface area (Å²) >= 11 is 0. The van der Waals surface area contributed by atoms with Gasteiger partial charge in [-0.3, -0.25) is 4.79 Å². The minimum atomic E-state index is -0.708. The molecule has 1 aromatic rings. The smallest absolute Gasteiger partial charge is 0.308 e. The predicted octanol–water partition coefficient (Wildman–Crippen LogP) is 2.78. The van der Waals surface area contributed by atoms with Crippen molar-refractivity contribution in [2.24, 2.45) is 11.8 Å². The molecule has 0 radical (unpaired) electrons. The minimum absolute atomic E-state index is 0.156. The number of carboxylic acid groups (broad SMARTS) is 1. The van der Waals surface area contributed by atoms with Crippen LogP contribution in [0.5, 0.6) is 0 Å². The maximum Gasteiger partial charge on any atom is 0.308 e. The lowest BCUT2D eigenvalue weighted by molar-refractivity contribution is -0.144. The highest BCUT2D eigenvalue weighted by Gasteiger charge is 2.22. The fraction of sp³-hybridized carbons (Fsp3) is 0.533. The number of carbonyl (C=O) groups is 1. The van der Waals surface area contributed by atoms with Crippen molar-refractivity contribution in [1.82, 2.24) is 4.90 Å². The molecule has 0 spiro atoms. The molecule has 0 amide bonds. The van der Waals surface area contributed by atoms with E-state index in [0.29, 0.717) is 6.54 Å². The molecule has 0 aliphatic heterocycles. The highest BCUT2D eigenvalue weighted by atomic mass is 16.4. The minimum Gasteiger partial charge on any atom is -0.481 e. The highest BCUT2D eigenvalue weighted by Crippen LogP contribution is 2.14. The largest absolute Gasteiger partial charge is 0.481 e. The van der Waals surface area contributed by atoms with Crippen molar-refractivity contribution in [2.75, 3.05) is 13.6 Å². The molecule has 3 nitrogen and oxygen atoms in total. The van der Waals surface area contributed by atoms with Gasteiger partial charge in [0.2, 0.25) is 0 Å². The van der Waals surface area contributed by atoms with Crippen LogP contribution in [-0.2, 0) is 11.3 Å². The first-order valence-electron chi connectivity index (χ1n) is 6.37. The summed E-state index contributed by atoms with van der Waals surface area (Å²) in [6, 6.07) is 8.36. The number of hydrogen-bond donors (Lipinski definition) is 1. The van der Waals surface area contributed by atoms with Gasteiger partial charge in [0.1, 0.15) is 0 Å². The summed E-state index contributed by atoms with van der Waals surface area (Å²) in [6.45, 7) is 7.35. The van der Waals surface area contributed by atoms with E-state index in [9.17, 15) is 4.79 Å². The molecule has 0 aromatic heterocycles. The molecular formula is C15H23NO2. The first-order chi connectivity index (χ1) is 8.40. The third kappa shape index (κ3) is 4.49. The molecule has 1 atom stereocenters. The molecular weight excluding hydrogens is 226 g/mol. The third-order valence-corrected chi connectivity index (χ3v) is 3.20. The molecule has 0 bridgehead atoms. The van der Waals surface area contributed by atoms with Gasteiger partial charge >= 0.3 is 5.97 Å². The monoisotopic (exact) mass is 249 g/mol. The topological polar surface area (TPSA) is 40.5 Å². The van der Waals surface area contributed by atoms with E-state index in [0.717, 1.165) is 6.54 Å². The second-order valence-corrected chi connectivity index (χ2v) is 5.37. The van der Waals surface area contributed by atoms with Crippen LogP contribution in [0.15, 0.2) is 24.3 Å². The Morgan fingerprint density at radius 2 is 1.83 bits per heavy atom. The van der Waals surface area contributed by atoms with Gasteiger partial charge in [-0.25, -0.2) is 0 Å². The molecule has 1 N–H and O–H groups in total. The Morgan fingerprint density at radius 1 is 1.28 bits per heavy atom. The van der Waals surface area contributed by atoms with Crippen LogP contribution in [0, 0.1) is 18.8 Å². The molecule has 18 heavy (non-hydrogen) atoms. The second kappa shape index (κ2) is 6.55. The summed E-state index contributed by atoms with van der Waals surface area (Å²) in [6.07, 6.45) is 0. The Morgan fingerprint density at radius 3 is 2.28 bits per heavy atom. The van der Waals surface area contributed by atoms with E-state index in [1.54, 1.807) is 0 Å². The van der Waals surface area contributed by atoms with Gasteiger partial charge in [-0.05, 0) is 25.5 Å². The van der Waals surface area contributed by atoms with Gasteiger partial charge in [0.25, 0.3) is 0 Å². The Labute approximate surface area is 109 Å². The molecule has 0 fully saturated rings. The summed E-state index contributed by atoms with van der Waals surface area (Å²) in [4.78, 5) is 13.2. The third-order valence-electron chi connectivity index (χ3n) is 3.20. The molecule has 1 rings (SSSR count). The number of benzene rings is 1. The number of aliphatic carboxylic acids is 1. The molecule has 1 aromatic carbocycles. The summed E-state index contributed by atoms with van der Waals surface area (Å²) in [5, 5.41) is 9.17. The molecule has 0 saturated heterocycles. The molecule has 0 heterocycles. The van der Waals surface area contributed by atoms with E-state index < -0.39 is 5.97 Å². The Bertz CT molecular complexity index is 384. The van der Waals surface area contributed by atoms with E-state index in [1.165, 1.54) is 11.1 Å². The lowest BCUT2D eigenvalue weighted by atomic mass is 9.95. The molecule has 1 unspecified atom stereocenters. The molecule has 0 aliphatic carbocycles. The van der Waals surface area contributed by atoms with Crippen molar-refractivity contribution in [3.8, 4) is 0 Å². The SMILES string of the molecule is Cc1ccc(CN(C)CC(C(=O)O)C(C)C)cc1.